The fourth-order valence-electron chi connectivity index (χ4n) is 2.27. The highest BCUT2D eigenvalue weighted by Crippen LogP contribution is 2.30. The largest absolute Gasteiger partial charge is 0.380 e. The summed E-state index contributed by atoms with van der Waals surface area (Å²) in [6.45, 7) is 0. The molecule has 0 saturated heterocycles. The van der Waals surface area contributed by atoms with Gasteiger partial charge in [-0.1, -0.05) is 12.8 Å². The molecule has 1 aliphatic carbocycles. The Bertz CT molecular complexity index is 442. The molecule has 0 aromatic heterocycles. The zero-order chi connectivity index (χ0) is 12.3. The van der Waals surface area contributed by atoms with Crippen molar-refractivity contribution in [1.82, 2.24) is 0 Å². The lowest BCUT2D eigenvalue weighted by Gasteiger charge is -2.28. The molecule has 0 aliphatic heterocycles. The summed E-state index contributed by atoms with van der Waals surface area (Å²) in [6.07, 6.45) is 4.14. The Kier molecular flexibility index (Phi) is 4.01. The monoisotopic (exact) mass is 296 g/mol. The first-order valence-corrected chi connectivity index (χ1v) is 6.61. The maximum absolute atomic E-state index is 13.2. The quantitative estimate of drug-likeness (QED) is 0.892. The molecule has 1 aliphatic rings. The molecule has 0 radical (unpaired) electrons. The summed E-state index contributed by atoms with van der Waals surface area (Å²) >= 11 is 3.39. The van der Waals surface area contributed by atoms with Gasteiger partial charge in [-0.05, 0) is 47.0 Å². The summed E-state index contributed by atoms with van der Waals surface area (Å²) < 4.78 is 14.0. The number of hydrogen-bond donors (Lipinski definition) is 1. The molecule has 2 rings (SSSR count). The fourth-order valence-corrected chi connectivity index (χ4v) is 2.63. The summed E-state index contributed by atoms with van der Waals surface area (Å²) in [4.78, 5) is 0. The normalized spacial score (nSPS) is 24.1. The van der Waals surface area contributed by atoms with Gasteiger partial charge in [0.05, 0.1) is 17.7 Å². The van der Waals surface area contributed by atoms with Crippen molar-refractivity contribution >= 4 is 21.6 Å². The molecule has 4 heteroatoms. The predicted molar refractivity (Wildman–Crippen MR) is 69.1 cm³/mol. The van der Waals surface area contributed by atoms with Crippen molar-refractivity contribution in [2.75, 3.05) is 5.32 Å². The van der Waals surface area contributed by atoms with Crippen molar-refractivity contribution in [3.63, 3.8) is 0 Å². The van der Waals surface area contributed by atoms with Crippen LogP contribution in [0.1, 0.15) is 25.7 Å². The van der Waals surface area contributed by atoms with Crippen LogP contribution < -0.4 is 5.32 Å². The van der Waals surface area contributed by atoms with Crippen molar-refractivity contribution in [1.29, 1.82) is 5.26 Å². The van der Waals surface area contributed by atoms with E-state index in [4.69, 9.17) is 5.26 Å². The molecule has 1 saturated carbocycles. The van der Waals surface area contributed by atoms with Gasteiger partial charge in [-0.25, -0.2) is 4.39 Å². The van der Waals surface area contributed by atoms with Crippen molar-refractivity contribution in [2.45, 2.75) is 31.7 Å². The van der Waals surface area contributed by atoms with Gasteiger partial charge in [0.15, 0.2) is 0 Å². The van der Waals surface area contributed by atoms with Crippen molar-refractivity contribution in [2.24, 2.45) is 5.92 Å². The van der Waals surface area contributed by atoms with Gasteiger partial charge in [0.1, 0.15) is 5.82 Å². The van der Waals surface area contributed by atoms with E-state index < -0.39 is 0 Å². The summed E-state index contributed by atoms with van der Waals surface area (Å²) in [7, 11) is 0. The lowest BCUT2D eigenvalue weighted by molar-refractivity contribution is 0.388. The molecule has 1 aromatic rings. The van der Waals surface area contributed by atoms with E-state index in [-0.39, 0.29) is 17.8 Å². The molecule has 0 heterocycles. The molecular weight excluding hydrogens is 283 g/mol. The summed E-state index contributed by atoms with van der Waals surface area (Å²) in [5, 5.41) is 12.4. The van der Waals surface area contributed by atoms with Gasteiger partial charge in [0, 0.05) is 10.5 Å². The number of anilines is 1. The van der Waals surface area contributed by atoms with Gasteiger partial charge in [0.25, 0.3) is 0 Å². The number of hydrogen-bond acceptors (Lipinski definition) is 2. The van der Waals surface area contributed by atoms with Gasteiger partial charge < -0.3 is 5.32 Å². The first-order valence-electron chi connectivity index (χ1n) is 5.82. The van der Waals surface area contributed by atoms with Crippen LogP contribution in [0.4, 0.5) is 10.1 Å². The molecule has 1 aromatic carbocycles. The van der Waals surface area contributed by atoms with Crippen LogP contribution in [0.25, 0.3) is 0 Å². The van der Waals surface area contributed by atoms with E-state index >= 15 is 0 Å². The van der Waals surface area contributed by atoms with Crippen molar-refractivity contribution in [3.05, 3.63) is 28.5 Å². The van der Waals surface area contributed by atoms with Crippen LogP contribution in [0.3, 0.4) is 0 Å². The maximum Gasteiger partial charge on any atom is 0.125 e. The van der Waals surface area contributed by atoms with Crippen molar-refractivity contribution in [3.8, 4) is 6.07 Å². The number of rotatable bonds is 2. The molecule has 90 valence electrons. The Morgan fingerprint density at radius 2 is 2.12 bits per heavy atom. The Morgan fingerprint density at radius 1 is 1.35 bits per heavy atom. The fraction of sp³-hybridized carbons (Fsp3) is 0.462. The molecule has 2 nitrogen and oxygen atoms in total. The highest BCUT2D eigenvalue weighted by atomic mass is 79.9. The van der Waals surface area contributed by atoms with E-state index in [0.29, 0.717) is 0 Å². The smallest absolute Gasteiger partial charge is 0.125 e. The van der Waals surface area contributed by atoms with E-state index in [9.17, 15) is 4.39 Å². The van der Waals surface area contributed by atoms with Crippen LogP contribution in [0.2, 0.25) is 0 Å². The molecule has 0 amide bonds. The predicted octanol–water partition coefficient (Wildman–Crippen LogP) is 4.08. The third-order valence-corrected chi connectivity index (χ3v) is 3.89. The Hall–Kier alpha value is -1.08. The highest BCUT2D eigenvalue weighted by Gasteiger charge is 2.25. The number of nitrogens with zero attached hydrogens (tertiary/aromatic N) is 1. The summed E-state index contributed by atoms with van der Waals surface area (Å²) in [5.41, 5.74) is 0.733. The van der Waals surface area contributed by atoms with Gasteiger partial charge in [-0.15, -0.1) is 0 Å². The average molecular weight is 297 g/mol. The van der Waals surface area contributed by atoms with E-state index in [1.54, 1.807) is 6.07 Å². The zero-order valence-corrected chi connectivity index (χ0v) is 11.0. The summed E-state index contributed by atoms with van der Waals surface area (Å²) in [5.74, 6) is -0.237. The van der Waals surface area contributed by atoms with Crippen LogP contribution in [0.5, 0.6) is 0 Å². The Labute approximate surface area is 109 Å². The van der Waals surface area contributed by atoms with Crippen molar-refractivity contribution < 1.29 is 4.39 Å². The first-order chi connectivity index (χ1) is 8.20. The summed E-state index contributed by atoms with van der Waals surface area (Å²) in [6, 6.07) is 7.03. The van der Waals surface area contributed by atoms with Crippen LogP contribution in [0.15, 0.2) is 22.7 Å². The first kappa shape index (κ1) is 12.4. The number of nitriles is 1. The van der Waals surface area contributed by atoms with Crippen LogP contribution in [-0.2, 0) is 0 Å². The van der Waals surface area contributed by atoms with E-state index in [0.717, 1.165) is 35.8 Å². The van der Waals surface area contributed by atoms with Gasteiger partial charge in [-0.3, -0.25) is 0 Å². The van der Waals surface area contributed by atoms with E-state index in [2.05, 4.69) is 27.3 Å². The molecule has 0 spiro atoms. The number of benzene rings is 1. The van der Waals surface area contributed by atoms with E-state index in [1.807, 2.05) is 0 Å². The molecule has 1 N–H and O–H groups in total. The Balaban J connectivity index is 2.14. The number of nitrogens with one attached hydrogen (secondary N) is 1. The molecule has 1 fully saturated rings. The third-order valence-electron chi connectivity index (χ3n) is 3.20. The van der Waals surface area contributed by atoms with Gasteiger partial charge in [-0.2, -0.15) is 5.26 Å². The van der Waals surface area contributed by atoms with Gasteiger partial charge >= 0.3 is 0 Å². The van der Waals surface area contributed by atoms with Crippen LogP contribution >= 0.6 is 15.9 Å². The minimum atomic E-state index is -0.264. The van der Waals surface area contributed by atoms with Crippen LogP contribution in [0, 0.1) is 23.1 Å². The second kappa shape index (κ2) is 5.50. The topological polar surface area (TPSA) is 35.8 Å². The zero-order valence-electron chi connectivity index (χ0n) is 9.42. The standard InChI is InChI=1S/C13H14BrFN2/c14-11-6-5-10(15)7-13(11)17-12-4-2-1-3-9(12)8-16/h5-7,9,12,17H,1-4H2. The minimum Gasteiger partial charge on any atom is -0.380 e. The maximum atomic E-state index is 13.2. The lowest BCUT2D eigenvalue weighted by atomic mass is 9.85. The molecule has 0 bridgehead atoms. The Morgan fingerprint density at radius 3 is 2.88 bits per heavy atom. The minimum absolute atomic E-state index is 0.0268. The van der Waals surface area contributed by atoms with E-state index in [1.165, 1.54) is 12.1 Å². The molecular formula is C13H14BrFN2. The SMILES string of the molecule is N#CC1CCCCC1Nc1cc(F)ccc1Br. The highest BCUT2D eigenvalue weighted by molar-refractivity contribution is 9.10. The second-order valence-electron chi connectivity index (χ2n) is 4.40. The molecule has 2 atom stereocenters. The average Bonchev–Trinajstić information content (AvgIpc) is 2.34. The molecule has 2 unspecified atom stereocenters. The lowest BCUT2D eigenvalue weighted by Crippen LogP contribution is -2.31. The molecule has 17 heavy (non-hydrogen) atoms. The van der Waals surface area contributed by atoms with Crippen LogP contribution in [-0.4, -0.2) is 6.04 Å². The number of halogens is 2. The second-order valence-corrected chi connectivity index (χ2v) is 5.25. The van der Waals surface area contributed by atoms with Gasteiger partial charge in [0.2, 0.25) is 0 Å². The third kappa shape index (κ3) is 2.98.